The molecule has 0 aliphatic heterocycles. The Hall–Kier alpha value is -2.10. The lowest BCUT2D eigenvalue weighted by molar-refractivity contribution is -0.133. The molecule has 2 rings (SSSR count). The number of hydrogen-bond donors (Lipinski definition) is 0. The third kappa shape index (κ3) is 10.2. The van der Waals surface area contributed by atoms with Crippen LogP contribution in [-0.2, 0) is 4.79 Å². The second kappa shape index (κ2) is 13.8. The van der Waals surface area contributed by atoms with Gasteiger partial charge in [-0.1, -0.05) is 72.1 Å². The lowest BCUT2D eigenvalue weighted by atomic mass is 9.88. The van der Waals surface area contributed by atoms with E-state index < -0.39 is 0 Å². The fourth-order valence-corrected chi connectivity index (χ4v) is 5.05. The fourth-order valence-electron chi connectivity index (χ4n) is 5.05. The van der Waals surface area contributed by atoms with Gasteiger partial charge in [0.1, 0.15) is 0 Å². The summed E-state index contributed by atoms with van der Waals surface area (Å²) in [4.78, 5) is 30.8. The molecule has 4 nitrogen and oxygen atoms in total. The summed E-state index contributed by atoms with van der Waals surface area (Å²) in [5.74, 6) is 1.36. The number of carbonyl (C=O) groups excluding carboxylic acids is 2. The Morgan fingerprint density at radius 1 is 1.06 bits per heavy atom. The predicted octanol–water partition coefficient (Wildman–Crippen LogP) is 7.36. The van der Waals surface area contributed by atoms with Gasteiger partial charge in [-0.2, -0.15) is 0 Å². The van der Waals surface area contributed by atoms with Crippen LogP contribution in [0.2, 0.25) is 0 Å². The highest BCUT2D eigenvalue weighted by atomic mass is 16.2. The van der Waals surface area contributed by atoms with Gasteiger partial charge in [0.2, 0.25) is 5.91 Å². The molecule has 1 aromatic carbocycles. The van der Waals surface area contributed by atoms with Crippen LogP contribution in [-0.4, -0.2) is 47.8 Å². The SMILES string of the molecule is C/C=C\c1cc(C(=O)N(CCCN(CC(C)C)C(=O)CC(C)(C)C)CC2CCCCC2)ccc1C. The maximum Gasteiger partial charge on any atom is 0.253 e. The highest BCUT2D eigenvalue weighted by Crippen LogP contribution is 2.26. The van der Waals surface area contributed by atoms with E-state index in [9.17, 15) is 9.59 Å². The number of amides is 2. The van der Waals surface area contributed by atoms with E-state index >= 15 is 0 Å². The first-order chi connectivity index (χ1) is 16.5. The molecule has 196 valence electrons. The molecule has 0 aromatic heterocycles. The maximum atomic E-state index is 13.7. The Labute approximate surface area is 215 Å². The zero-order valence-electron chi connectivity index (χ0n) is 23.5. The van der Waals surface area contributed by atoms with Gasteiger partial charge in [-0.25, -0.2) is 0 Å². The quantitative estimate of drug-likeness (QED) is 0.330. The van der Waals surface area contributed by atoms with E-state index in [0.29, 0.717) is 31.3 Å². The summed E-state index contributed by atoms with van der Waals surface area (Å²) in [5.41, 5.74) is 3.03. The number of aryl methyl sites for hydroxylation is 1. The van der Waals surface area contributed by atoms with E-state index in [1.165, 1.54) is 37.7 Å². The van der Waals surface area contributed by atoms with Gasteiger partial charge in [-0.05, 0) is 73.6 Å². The third-order valence-corrected chi connectivity index (χ3v) is 6.84. The van der Waals surface area contributed by atoms with Crippen molar-refractivity contribution in [2.75, 3.05) is 26.2 Å². The van der Waals surface area contributed by atoms with Crippen LogP contribution in [0.1, 0.15) is 108 Å². The van der Waals surface area contributed by atoms with Gasteiger partial charge in [0.05, 0.1) is 0 Å². The van der Waals surface area contributed by atoms with Gasteiger partial charge in [-0.3, -0.25) is 9.59 Å². The summed E-state index contributed by atoms with van der Waals surface area (Å²) in [6, 6.07) is 6.05. The summed E-state index contributed by atoms with van der Waals surface area (Å²) in [6.07, 6.45) is 11.7. The third-order valence-electron chi connectivity index (χ3n) is 6.84. The van der Waals surface area contributed by atoms with Gasteiger partial charge in [-0.15, -0.1) is 0 Å². The van der Waals surface area contributed by atoms with E-state index in [-0.39, 0.29) is 17.2 Å². The Kier molecular flexibility index (Phi) is 11.5. The molecule has 0 spiro atoms. The normalized spacial score (nSPS) is 15.1. The molecule has 0 unspecified atom stereocenters. The van der Waals surface area contributed by atoms with Crippen molar-refractivity contribution in [1.82, 2.24) is 9.80 Å². The molecule has 1 fully saturated rings. The van der Waals surface area contributed by atoms with Gasteiger partial charge < -0.3 is 9.80 Å². The first-order valence-electron chi connectivity index (χ1n) is 13.8. The number of rotatable bonds is 11. The molecule has 1 aromatic rings. The van der Waals surface area contributed by atoms with Gasteiger partial charge in [0, 0.05) is 38.2 Å². The summed E-state index contributed by atoms with van der Waals surface area (Å²) in [7, 11) is 0. The second-order valence-electron chi connectivity index (χ2n) is 12.2. The van der Waals surface area contributed by atoms with E-state index in [1.54, 1.807) is 0 Å². The molecular formula is C31H50N2O2. The molecule has 0 bridgehead atoms. The largest absolute Gasteiger partial charge is 0.342 e. The molecule has 1 aliphatic rings. The average Bonchev–Trinajstić information content (AvgIpc) is 2.78. The molecule has 0 heterocycles. The monoisotopic (exact) mass is 482 g/mol. The van der Waals surface area contributed by atoms with Crippen LogP contribution in [0.4, 0.5) is 0 Å². The van der Waals surface area contributed by atoms with Crippen LogP contribution >= 0.6 is 0 Å². The fraction of sp³-hybridized carbons (Fsp3) is 0.677. The van der Waals surface area contributed by atoms with Crippen molar-refractivity contribution in [2.24, 2.45) is 17.3 Å². The Morgan fingerprint density at radius 3 is 2.31 bits per heavy atom. The molecule has 1 aliphatic carbocycles. The highest BCUT2D eigenvalue weighted by Gasteiger charge is 2.24. The van der Waals surface area contributed by atoms with Crippen LogP contribution in [0.15, 0.2) is 24.3 Å². The van der Waals surface area contributed by atoms with Crippen molar-refractivity contribution in [2.45, 2.75) is 93.4 Å². The van der Waals surface area contributed by atoms with Crippen molar-refractivity contribution < 1.29 is 9.59 Å². The summed E-state index contributed by atoms with van der Waals surface area (Å²) >= 11 is 0. The lowest BCUT2D eigenvalue weighted by Crippen LogP contribution is -2.40. The van der Waals surface area contributed by atoms with Crippen LogP contribution in [0.25, 0.3) is 6.08 Å². The highest BCUT2D eigenvalue weighted by molar-refractivity contribution is 5.95. The first kappa shape index (κ1) is 29.1. The van der Waals surface area contributed by atoms with Crippen molar-refractivity contribution in [3.8, 4) is 0 Å². The standard InChI is InChI=1S/C31H50N2O2/c1-8-13-27-20-28(17-16-25(27)4)30(35)33(23-26-14-10-9-11-15-26)19-12-18-32(22-24(2)3)29(34)21-31(5,6)7/h8,13,16-17,20,24,26H,9-12,14-15,18-19,21-23H2,1-7H3/b13-8-. The van der Waals surface area contributed by atoms with Crippen molar-refractivity contribution in [3.05, 3.63) is 41.0 Å². The van der Waals surface area contributed by atoms with Crippen molar-refractivity contribution in [1.29, 1.82) is 0 Å². The summed E-state index contributed by atoms with van der Waals surface area (Å²) in [5, 5.41) is 0. The molecule has 0 radical (unpaired) electrons. The first-order valence-corrected chi connectivity index (χ1v) is 13.8. The van der Waals surface area contributed by atoms with Crippen molar-refractivity contribution >= 4 is 17.9 Å². The predicted molar refractivity (Wildman–Crippen MR) is 148 cm³/mol. The number of allylic oxidation sites excluding steroid dienone is 1. The van der Waals surface area contributed by atoms with Crippen molar-refractivity contribution in [3.63, 3.8) is 0 Å². The Balaban J connectivity index is 2.15. The minimum atomic E-state index is -0.0224. The van der Waals surface area contributed by atoms with Gasteiger partial charge in [0.25, 0.3) is 5.91 Å². The van der Waals surface area contributed by atoms with E-state index in [2.05, 4.69) is 58.6 Å². The molecule has 0 atom stereocenters. The lowest BCUT2D eigenvalue weighted by Gasteiger charge is -2.32. The van der Waals surface area contributed by atoms with Crippen LogP contribution in [0, 0.1) is 24.2 Å². The van der Waals surface area contributed by atoms with Crippen LogP contribution in [0.3, 0.4) is 0 Å². The van der Waals surface area contributed by atoms with Crippen LogP contribution < -0.4 is 0 Å². The van der Waals surface area contributed by atoms with Crippen LogP contribution in [0.5, 0.6) is 0 Å². The molecule has 4 heteroatoms. The molecular weight excluding hydrogens is 432 g/mol. The molecule has 35 heavy (non-hydrogen) atoms. The number of hydrogen-bond acceptors (Lipinski definition) is 2. The smallest absolute Gasteiger partial charge is 0.253 e. The Bertz CT molecular complexity index is 844. The minimum absolute atomic E-state index is 0.0224. The summed E-state index contributed by atoms with van der Waals surface area (Å²) in [6.45, 7) is 17.8. The van der Waals surface area contributed by atoms with E-state index in [0.717, 1.165) is 30.6 Å². The molecule has 1 saturated carbocycles. The number of nitrogens with zero attached hydrogens (tertiary/aromatic N) is 2. The minimum Gasteiger partial charge on any atom is -0.342 e. The van der Waals surface area contributed by atoms with E-state index in [1.807, 2.05) is 30.0 Å². The zero-order chi connectivity index (χ0) is 26.0. The molecule has 0 N–H and O–H groups in total. The second-order valence-corrected chi connectivity index (χ2v) is 12.2. The van der Waals surface area contributed by atoms with Gasteiger partial charge in [0.15, 0.2) is 0 Å². The average molecular weight is 483 g/mol. The molecule has 0 saturated heterocycles. The Morgan fingerprint density at radius 2 is 1.71 bits per heavy atom. The number of carbonyl (C=O) groups is 2. The molecule has 2 amide bonds. The zero-order valence-corrected chi connectivity index (χ0v) is 23.5. The maximum absolute atomic E-state index is 13.7. The van der Waals surface area contributed by atoms with E-state index in [4.69, 9.17) is 0 Å². The number of benzene rings is 1. The van der Waals surface area contributed by atoms with Gasteiger partial charge >= 0.3 is 0 Å². The topological polar surface area (TPSA) is 40.6 Å². The summed E-state index contributed by atoms with van der Waals surface area (Å²) < 4.78 is 0.